The van der Waals surface area contributed by atoms with E-state index in [1.54, 1.807) is 6.07 Å². The van der Waals surface area contributed by atoms with E-state index < -0.39 is 11.4 Å². The van der Waals surface area contributed by atoms with Gasteiger partial charge in [0.15, 0.2) is 11.5 Å². The molecular formula is C18H11FN2O3. The normalized spacial score (nSPS) is 10.3. The molecule has 3 aromatic rings. The molecule has 0 spiro atoms. The lowest BCUT2D eigenvalue weighted by Crippen LogP contribution is -2.12. The van der Waals surface area contributed by atoms with Crippen molar-refractivity contribution in [1.29, 1.82) is 5.26 Å². The number of nitrogens with one attached hydrogen (secondary N) is 1. The molecule has 0 atom stereocenters. The second-order valence-electron chi connectivity index (χ2n) is 5.12. The van der Waals surface area contributed by atoms with Gasteiger partial charge in [0.1, 0.15) is 17.4 Å². The molecule has 0 aliphatic rings. The van der Waals surface area contributed by atoms with Crippen molar-refractivity contribution in [2.24, 2.45) is 0 Å². The minimum absolute atomic E-state index is 0.119. The molecule has 0 radical (unpaired) electrons. The first-order valence-corrected chi connectivity index (χ1v) is 6.95. The molecule has 118 valence electrons. The maximum Gasteiger partial charge on any atom is 0.266 e. The van der Waals surface area contributed by atoms with Gasteiger partial charge >= 0.3 is 0 Å². The largest absolute Gasteiger partial charge is 0.504 e. The van der Waals surface area contributed by atoms with Gasteiger partial charge in [-0.25, -0.2) is 4.39 Å². The molecule has 3 rings (SSSR count). The van der Waals surface area contributed by atoms with Crippen LogP contribution in [0.15, 0.2) is 53.3 Å². The van der Waals surface area contributed by atoms with Crippen molar-refractivity contribution in [2.75, 3.05) is 0 Å². The van der Waals surface area contributed by atoms with Gasteiger partial charge in [-0.2, -0.15) is 5.26 Å². The fourth-order valence-corrected chi connectivity index (χ4v) is 2.37. The number of aromatic hydroxyl groups is 2. The lowest BCUT2D eigenvalue weighted by atomic mass is 9.98. The van der Waals surface area contributed by atoms with Gasteiger partial charge in [0.05, 0.1) is 0 Å². The van der Waals surface area contributed by atoms with Crippen LogP contribution < -0.4 is 5.56 Å². The van der Waals surface area contributed by atoms with Gasteiger partial charge in [0.25, 0.3) is 5.56 Å². The molecule has 24 heavy (non-hydrogen) atoms. The van der Waals surface area contributed by atoms with Crippen molar-refractivity contribution in [2.45, 2.75) is 0 Å². The molecule has 2 aromatic carbocycles. The third-order valence-electron chi connectivity index (χ3n) is 3.59. The number of nitrogens with zero attached hydrogens (tertiary/aromatic N) is 1. The van der Waals surface area contributed by atoms with Gasteiger partial charge in [-0.1, -0.05) is 6.07 Å². The minimum atomic E-state index is -0.595. The Kier molecular flexibility index (Phi) is 3.76. The van der Waals surface area contributed by atoms with Gasteiger partial charge in [-0.05, 0) is 53.6 Å². The number of aromatic nitrogens is 1. The quantitative estimate of drug-likeness (QED) is 0.631. The highest BCUT2D eigenvalue weighted by Gasteiger charge is 2.14. The molecule has 3 N–H and O–H groups in total. The SMILES string of the molecule is N#Cc1c(-c2ccc(O)c(O)c2)cc(-c2ccc(F)cc2)[nH]c1=O. The maximum absolute atomic E-state index is 13.1. The van der Waals surface area contributed by atoms with Crippen LogP contribution in [0.1, 0.15) is 5.56 Å². The zero-order valence-electron chi connectivity index (χ0n) is 12.2. The summed E-state index contributed by atoms with van der Waals surface area (Å²) in [7, 11) is 0. The van der Waals surface area contributed by atoms with Gasteiger partial charge in [-0.15, -0.1) is 0 Å². The highest BCUT2D eigenvalue weighted by Crippen LogP contribution is 2.32. The second kappa shape index (κ2) is 5.89. The van der Waals surface area contributed by atoms with E-state index in [-0.39, 0.29) is 17.1 Å². The standard InChI is InChI=1S/C18H11FN2O3/c19-12-4-1-10(2-5-12)15-8-13(14(9-20)18(24)21-15)11-3-6-16(22)17(23)7-11/h1-8,22-23H,(H,21,24). The number of benzene rings is 2. The summed E-state index contributed by atoms with van der Waals surface area (Å²) in [6, 6.07) is 13.0. The Morgan fingerprint density at radius 3 is 2.25 bits per heavy atom. The molecule has 0 aliphatic carbocycles. The zero-order chi connectivity index (χ0) is 17.3. The molecule has 0 unspecified atom stereocenters. The van der Waals surface area contributed by atoms with Crippen molar-refractivity contribution < 1.29 is 14.6 Å². The summed E-state index contributed by atoms with van der Waals surface area (Å²) < 4.78 is 13.1. The van der Waals surface area contributed by atoms with E-state index in [9.17, 15) is 24.7 Å². The van der Waals surface area contributed by atoms with Crippen molar-refractivity contribution in [3.05, 3.63) is 70.3 Å². The lowest BCUT2D eigenvalue weighted by Gasteiger charge is -2.09. The Labute approximate surface area is 135 Å². The van der Waals surface area contributed by atoms with Crippen LogP contribution in [0, 0.1) is 17.1 Å². The van der Waals surface area contributed by atoms with E-state index in [0.717, 1.165) is 0 Å². The first-order valence-electron chi connectivity index (χ1n) is 6.95. The topological polar surface area (TPSA) is 97.1 Å². The summed E-state index contributed by atoms with van der Waals surface area (Å²) in [5.41, 5.74) is 0.962. The molecule has 5 nitrogen and oxygen atoms in total. The molecule has 0 amide bonds. The predicted molar refractivity (Wildman–Crippen MR) is 85.9 cm³/mol. The molecule has 6 heteroatoms. The molecule has 0 saturated carbocycles. The van der Waals surface area contributed by atoms with Crippen LogP contribution >= 0.6 is 0 Å². The number of phenols is 2. The second-order valence-corrected chi connectivity index (χ2v) is 5.12. The van der Waals surface area contributed by atoms with Gasteiger partial charge < -0.3 is 15.2 Å². The zero-order valence-corrected chi connectivity index (χ0v) is 12.2. The summed E-state index contributed by atoms with van der Waals surface area (Å²) in [5, 5.41) is 28.3. The summed E-state index contributed by atoms with van der Waals surface area (Å²) in [6.07, 6.45) is 0. The van der Waals surface area contributed by atoms with Crippen LogP contribution in [-0.4, -0.2) is 15.2 Å². The van der Waals surface area contributed by atoms with Crippen LogP contribution in [0.2, 0.25) is 0 Å². The molecule has 0 fully saturated rings. The molecule has 0 aliphatic heterocycles. The number of hydrogen-bond acceptors (Lipinski definition) is 4. The molecule has 0 saturated heterocycles. The molecule has 1 heterocycles. The molecule has 1 aromatic heterocycles. The number of nitriles is 1. The average molecular weight is 322 g/mol. The van der Waals surface area contributed by atoms with E-state index in [1.807, 2.05) is 6.07 Å². The Morgan fingerprint density at radius 1 is 0.958 bits per heavy atom. The first kappa shape index (κ1) is 15.3. The van der Waals surface area contributed by atoms with E-state index in [4.69, 9.17) is 0 Å². The summed E-state index contributed by atoms with van der Waals surface area (Å²) in [6.45, 7) is 0. The first-order chi connectivity index (χ1) is 11.5. The van der Waals surface area contributed by atoms with Crippen LogP contribution in [0.4, 0.5) is 4.39 Å². The monoisotopic (exact) mass is 322 g/mol. The van der Waals surface area contributed by atoms with Crippen LogP contribution in [0.5, 0.6) is 11.5 Å². The number of rotatable bonds is 2. The Balaban J connectivity index is 2.24. The van der Waals surface area contributed by atoms with Crippen molar-refractivity contribution in [1.82, 2.24) is 4.98 Å². The lowest BCUT2D eigenvalue weighted by molar-refractivity contribution is 0.404. The summed E-state index contributed by atoms with van der Waals surface area (Å²) >= 11 is 0. The number of pyridine rings is 1. The highest BCUT2D eigenvalue weighted by atomic mass is 19.1. The van der Waals surface area contributed by atoms with E-state index in [2.05, 4.69) is 4.98 Å². The Hall–Kier alpha value is -3.59. The highest BCUT2D eigenvalue weighted by molar-refractivity contribution is 5.76. The van der Waals surface area contributed by atoms with Crippen molar-refractivity contribution in [3.8, 4) is 40.0 Å². The number of hydrogen-bond donors (Lipinski definition) is 3. The third kappa shape index (κ3) is 2.71. The van der Waals surface area contributed by atoms with E-state index in [0.29, 0.717) is 22.4 Å². The smallest absolute Gasteiger partial charge is 0.266 e. The fourth-order valence-electron chi connectivity index (χ4n) is 2.37. The van der Waals surface area contributed by atoms with Crippen molar-refractivity contribution in [3.63, 3.8) is 0 Å². The van der Waals surface area contributed by atoms with E-state index >= 15 is 0 Å². The van der Waals surface area contributed by atoms with E-state index in [1.165, 1.54) is 42.5 Å². The van der Waals surface area contributed by atoms with Crippen LogP contribution in [-0.2, 0) is 0 Å². The van der Waals surface area contributed by atoms with Crippen molar-refractivity contribution >= 4 is 0 Å². The van der Waals surface area contributed by atoms with Crippen LogP contribution in [0.3, 0.4) is 0 Å². The Morgan fingerprint density at radius 2 is 1.62 bits per heavy atom. The molecular weight excluding hydrogens is 311 g/mol. The number of aromatic amines is 1. The maximum atomic E-state index is 13.1. The Bertz CT molecular complexity index is 1020. The number of halogens is 1. The third-order valence-corrected chi connectivity index (χ3v) is 3.59. The average Bonchev–Trinajstić information content (AvgIpc) is 2.57. The van der Waals surface area contributed by atoms with Gasteiger partial charge in [0, 0.05) is 11.3 Å². The number of H-pyrrole nitrogens is 1. The summed E-state index contributed by atoms with van der Waals surface area (Å²) in [5.74, 6) is -1.07. The van der Waals surface area contributed by atoms with Gasteiger partial charge in [-0.3, -0.25) is 4.79 Å². The summed E-state index contributed by atoms with van der Waals surface area (Å²) in [4.78, 5) is 14.8. The predicted octanol–water partition coefficient (Wildman–Crippen LogP) is 3.13. The van der Waals surface area contributed by atoms with Gasteiger partial charge in [0.2, 0.25) is 0 Å². The molecule has 0 bridgehead atoms. The van der Waals surface area contributed by atoms with Crippen LogP contribution in [0.25, 0.3) is 22.4 Å². The minimum Gasteiger partial charge on any atom is -0.504 e. The fraction of sp³-hybridized carbons (Fsp3) is 0. The number of phenolic OH excluding ortho intramolecular Hbond substituents is 2.